The molecule has 3 heteroatoms. The average molecular weight is 128 g/mol. The van der Waals surface area contributed by atoms with Crippen LogP contribution >= 0.6 is 0 Å². The van der Waals surface area contributed by atoms with E-state index in [1.807, 2.05) is 7.05 Å². The molecule has 1 fully saturated rings. The molecule has 0 atom stereocenters. The molecule has 1 N–H and O–H groups in total. The molecule has 0 aromatic carbocycles. The van der Waals surface area contributed by atoms with E-state index in [2.05, 4.69) is 10.5 Å². The molecule has 0 radical (unpaired) electrons. The topological polar surface area (TPSA) is 33.6 Å². The Kier molecular flexibility index (Phi) is 2.51. The summed E-state index contributed by atoms with van der Waals surface area (Å²) >= 11 is 0. The predicted octanol–water partition coefficient (Wildman–Crippen LogP) is 0.372. The summed E-state index contributed by atoms with van der Waals surface area (Å²) in [7, 11) is 1.82. The van der Waals surface area contributed by atoms with E-state index in [1.54, 1.807) is 0 Å². The number of hydrogen-bond acceptors (Lipinski definition) is 3. The summed E-state index contributed by atoms with van der Waals surface area (Å²) in [6, 6.07) is 0. The highest BCUT2D eigenvalue weighted by atomic mass is 16.5. The Balaban J connectivity index is 2.30. The first-order chi connectivity index (χ1) is 4.43. The van der Waals surface area contributed by atoms with E-state index in [-0.39, 0.29) is 0 Å². The van der Waals surface area contributed by atoms with Gasteiger partial charge in [0.05, 0.1) is 13.2 Å². The lowest BCUT2D eigenvalue weighted by atomic mass is 10.2. The summed E-state index contributed by atoms with van der Waals surface area (Å²) in [5, 5.41) is 4.07. The second kappa shape index (κ2) is 3.45. The minimum atomic E-state index is 0.834. The Morgan fingerprint density at radius 1 is 1.44 bits per heavy atom. The van der Waals surface area contributed by atoms with Gasteiger partial charge in [-0.1, -0.05) is 0 Å². The normalized spacial score (nSPS) is 19.4. The molecule has 0 bridgehead atoms. The number of hydrogen-bond donors (Lipinski definition) is 1. The zero-order valence-electron chi connectivity index (χ0n) is 5.68. The van der Waals surface area contributed by atoms with Gasteiger partial charge in [-0.3, -0.25) is 0 Å². The minimum absolute atomic E-state index is 0.834. The highest BCUT2D eigenvalue weighted by molar-refractivity contribution is 5.84. The van der Waals surface area contributed by atoms with Gasteiger partial charge in [-0.15, -0.1) is 0 Å². The quantitative estimate of drug-likeness (QED) is 0.518. The van der Waals surface area contributed by atoms with Gasteiger partial charge in [0.25, 0.3) is 0 Å². The number of rotatable bonds is 1. The maximum Gasteiger partial charge on any atom is 0.0519 e. The van der Waals surface area contributed by atoms with Crippen molar-refractivity contribution >= 4 is 5.71 Å². The lowest BCUT2D eigenvalue weighted by molar-refractivity contribution is 0.134. The van der Waals surface area contributed by atoms with Gasteiger partial charge < -0.3 is 10.2 Å². The van der Waals surface area contributed by atoms with Crippen molar-refractivity contribution < 1.29 is 4.74 Å². The second-order valence-electron chi connectivity index (χ2n) is 2.01. The second-order valence-corrected chi connectivity index (χ2v) is 2.01. The van der Waals surface area contributed by atoms with Crippen molar-refractivity contribution in [2.45, 2.75) is 12.8 Å². The highest BCUT2D eigenvalue weighted by Crippen LogP contribution is 2.00. The smallest absolute Gasteiger partial charge is 0.0519 e. The van der Waals surface area contributed by atoms with E-state index in [0.717, 1.165) is 26.1 Å². The van der Waals surface area contributed by atoms with Gasteiger partial charge in [0.2, 0.25) is 0 Å². The maximum atomic E-state index is 5.14. The molecule has 0 amide bonds. The molecule has 9 heavy (non-hydrogen) atoms. The van der Waals surface area contributed by atoms with Crippen molar-refractivity contribution in [3.63, 3.8) is 0 Å². The number of ether oxygens (including phenoxy) is 1. The third-order valence-electron chi connectivity index (χ3n) is 1.34. The van der Waals surface area contributed by atoms with Crippen LogP contribution in [0.15, 0.2) is 5.10 Å². The van der Waals surface area contributed by atoms with Crippen molar-refractivity contribution in [1.29, 1.82) is 0 Å². The third-order valence-corrected chi connectivity index (χ3v) is 1.34. The van der Waals surface area contributed by atoms with Gasteiger partial charge in [-0.2, -0.15) is 5.10 Å². The zero-order valence-corrected chi connectivity index (χ0v) is 5.68. The fourth-order valence-corrected chi connectivity index (χ4v) is 0.877. The minimum Gasteiger partial charge on any atom is -0.381 e. The number of hydrazone groups is 1. The first-order valence-corrected chi connectivity index (χ1v) is 3.23. The molecule has 52 valence electrons. The Hall–Kier alpha value is -0.570. The first kappa shape index (κ1) is 6.55. The summed E-state index contributed by atoms with van der Waals surface area (Å²) in [5.41, 5.74) is 4.00. The summed E-state index contributed by atoms with van der Waals surface area (Å²) < 4.78 is 5.14. The van der Waals surface area contributed by atoms with Crippen LogP contribution in [-0.2, 0) is 4.74 Å². The fraction of sp³-hybridized carbons (Fsp3) is 0.833. The van der Waals surface area contributed by atoms with Gasteiger partial charge in [-0.05, 0) is 0 Å². The van der Waals surface area contributed by atoms with Crippen LogP contribution in [0, 0.1) is 0 Å². The molecule has 1 rings (SSSR count). The van der Waals surface area contributed by atoms with Crippen LogP contribution in [0.5, 0.6) is 0 Å². The van der Waals surface area contributed by atoms with Crippen LogP contribution < -0.4 is 5.43 Å². The SMILES string of the molecule is CNN=C1CCOCC1. The fourth-order valence-electron chi connectivity index (χ4n) is 0.877. The lowest BCUT2D eigenvalue weighted by Gasteiger charge is -2.12. The highest BCUT2D eigenvalue weighted by Gasteiger charge is 2.05. The molecule has 0 saturated carbocycles. The van der Waals surface area contributed by atoms with E-state index in [1.165, 1.54) is 5.71 Å². The molecular formula is C6H12N2O. The van der Waals surface area contributed by atoms with Gasteiger partial charge in [0.15, 0.2) is 0 Å². The molecule has 1 aliphatic heterocycles. The maximum absolute atomic E-state index is 5.14. The molecule has 0 aromatic rings. The predicted molar refractivity (Wildman–Crippen MR) is 36.5 cm³/mol. The van der Waals surface area contributed by atoms with E-state index >= 15 is 0 Å². The number of nitrogens with zero attached hydrogens (tertiary/aromatic N) is 1. The van der Waals surface area contributed by atoms with Crippen molar-refractivity contribution in [1.82, 2.24) is 5.43 Å². The van der Waals surface area contributed by atoms with Crippen LogP contribution in [0.25, 0.3) is 0 Å². The van der Waals surface area contributed by atoms with Crippen molar-refractivity contribution in [3.8, 4) is 0 Å². The zero-order chi connectivity index (χ0) is 6.53. The van der Waals surface area contributed by atoms with Crippen LogP contribution in [0.1, 0.15) is 12.8 Å². The molecule has 0 unspecified atom stereocenters. The lowest BCUT2D eigenvalue weighted by Crippen LogP contribution is -2.17. The van der Waals surface area contributed by atoms with Gasteiger partial charge in [-0.25, -0.2) is 0 Å². The monoisotopic (exact) mass is 128 g/mol. The van der Waals surface area contributed by atoms with E-state index < -0.39 is 0 Å². The van der Waals surface area contributed by atoms with E-state index in [9.17, 15) is 0 Å². The molecular weight excluding hydrogens is 116 g/mol. The van der Waals surface area contributed by atoms with Crippen LogP contribution in [0.4, 0.5) is 0 Å². The molecule has 1 heterocycles. The summed E-state index contributed by atoms with van der Waals surface area (Å²) in [5.74, 6) is 0. The Morgan fingerprint density at radius 3 is 2.67 bits per heavy atom. The molecule has 3 nitrogen and oxygen atoms in total. The molecule has 0 spiro atoms. The van der Waals surface area contributed by atoms with Crippen molar-refractivity contribution in [2.24, 2.45) is 5.10 Å². The Morgan fingerprint density at radius 2 is 2.11 bits per heavy atom. The van der Waals surface area contributed by atoms with E-state index in [0.29, 0.717) is 0 Å². The van der Waals surface area contributed by atoms with Gasteiger partial charge >= 0.3 is 0 Å². The molecule has 1 saturated heterocycles. The first-order valence-electron chi connectivity index (χ1n) is 3.23. The van der Waals surface area contributed by atoms with Crippen molar-refractivity contribution in [3.05, 3.63) is 0 Å². The molecule has 0 aromatic heterocycles. The Labute approximate surface area is 55.1 Å². The largest absolute Gasteiger partial charge is 0.381 e. The number of nitrogens with one attached hydrogen (secondary N) is 1. The van der Waals surface area contributed by atoms with Crippen LogP contribution in [-0.4, -0.2) is 26.0 Å². The summed E-state index contributed by atoms with van der Waals surface area (Å²) in [6.45, 7) is 1.67. The standard InChI is InChI=1S/C6H12N2O/c1-7-8-6-2-4-9-5-3-6/h7H,2-5H2,1H3. The van der Waals surface area contributed by atoms with Crippen LogP contribution in [0.3, 0.4) is 0 Å². The van der Waals surface area contributed by atoms with Crippen LogP contribution in [0.2, 0.25) is 0 Å². The average Bonchev–Trinajstić information content (AvgIpc) is 1.91. The summed E-state index contributed by atoms with van der Waals surface area (Å²) in [6.07, 6.45) is 1.97. The van der Waals surface area contributed by atoms with Crippen molar-refractivity contribution in [2.75, 3.05) is 20.3 Å². The van der Waals surface area contributed by atoms with E-state index in [4.69, 9.17) is 4.74 Å². The van der Waals surface area contributed by atoms with Gasteiger partial charge in [0.1, 0.15) is 0 Å². The third kappa shape index (κ3) is 2.01. The Bertz CT molecular complexity index is 104. The molecule has 1 aliphatic rings. The molecule has 0 aliphatic carbocycles. The van der Waals surface area contributed by atoms with Gasteiger partial charge in [0, 0.05) is 25.6 Å². The summed E-state index contributed by atoms with van der Waals surface area (Å²) in [4.78, 5) is 0.